The molecule has 31 heavy (non-hydrogen) atoms. The Kier molecular flexibility index (Phi) is 14.6. The van der Waals surface area contributed by atoms with Gasteiger partial charge in [0.15, 0.2) is 0 Å². The molecular weight excluding hydrogens is 384 g/mol. The molecule has 0 saturated carbocycles. The van der Waals surface area contributed by atoms with Crippen molar-refractivity contribution in [3.8, 4) is 0 Å². The van der Waals surface area contributed by atoms with Gasteiger partial charge in [0.1, 0.15) is 0 Å². The van der Waals surface area contributed by atoms with Gasteiger partial charge in [-0.1, -0.05) is 76.9 Å². The number of ether oxygens (including phenoxy) is 3. The van der Waals surface area contributed by atoms with Gasteiger partial charge in [0.05, 0.1) is 19.8 Å². The minimum absolute atomic E-state index is 0.456. The smallest absolute Gasteiger partial charge is 0.272 e. The molecule has 3 nitrogen and oxygen atoms in total. The van der Waals surface area contributed by atoms with E-state index in [0.29, 0.717) is 19.8 Å². The molecule has 3 heteroatoms. The van der Waals surface area contributed by atoms with E-state index < -0.39 is 6.48 Å². The van der Waals surface area contributed by atoms with Crippen LogP contribution in [0.25, 0.3) is 0 Å². The molecule has 0 spiro atoms. The Hall–Kier alpha value is -1.94. The quantitative estimate of drug-likeness (QED) is 0.211. The number of benzene rings is 1. The Bertz CT molecular complexity index is 676. The standard InChI is InChI=1S/C28H42O3/c1-23(2)12-10-14-25(5)18-20-29-28(31-22-27-16-8-7-9-17-27)30-21-19-26(6)15-11-13-24(3)4/h7-9,12-13,16-19,28H,10-11,14-15,20-22H2,1-6H3. The Morgan fingerprint density at radius 2 is 1.16 bits per heavy atom. The number of rotatable bonds is 15. The van der Waals surface area contributed by atoms with E-state index in [1.165, 1.54) is 22.3 Å². The highest BCUT2D eigenvalue weighted by atomic mass is 16.8. The molecule has 0 atom stereocenters. The van der Waals surface area contributed by atoms with Crippen LogP contribution in [-0.2, 0) is 20.8 Å². The molecule has 0 amide bonds. The van der Waals surface area contributed by atoms with E-state index >= 15 is 0 Å². The van der Waals surface area contributed by atoms with Gasteiger partial charge in [0.25, 0.3) is 6.48 Å². The maximum Gasteiger partial charge on any atom is 0.272 e. The summed E-state index contributed by atoms with van der Waals surface area (Å²) in [4.78, 5) is 0. The third-order valence-corrected chi connectivity index (χ3v) is 4.74. The van der Waals surface area contributed by atoms with Crippen molar-refractivity contribution < 1.29 is 14.2 Å². The Morgan fingerprint density at radius 3 is 1.61 bits per heavy atom. The summed E-state index contributed by atoms with van der Waals surface area (Å²) in [6.07, 6.45) is 13.0. The average molecular weight is 427 g/mol. The van der Waals surface area contributed by atoms with Crippen LogP contribution in [0.1, 0.15) is 72.8 Å². The zero-order chi connectivity index (χ0) is 22.9. The van der Waals surface area contributed by atoms with Gasteiger partial charge in [-0.15, -0.1) is 0 Å². The first kappa shape index (κ1) is 27.1. The summed E-state index contributed by atoms with van der Waals surface area (Å²) < 4.78 is 17.7. The zero-order valence-electron chi connectivity index (χ0n) is 20.4. The molecule has 0 aliphatic heterocycles. The summed E-state index contributed by atoms with van der Waals surface area (Å²) in [5.74, 6) is 0. The fourth-order valence-corrected chi connectivity index (χ4v) is 2.80. The lowest BCUT2D eigenvalue weighted by Gasteiger charge is -2.18. The van der Waals surface area contributed by atoms with Crippen LogP contribution in [0, 0.1) is 0 Å². The van der Waals surface area contributed by atoms with Crippen LogP contribution in [0.2, 0.25) is 0 Å². The predicted molar refractivity (Wildman–Crippen MR) is 132 cm³/mol. The fourth-order valence-electron chi connectivity index (χ4n) is 2.80. The van der Waals surface area contributed by atoms with Crippen LogP contribution < -0.4 is 0 Å². The van der Waals surface area contributed by atoms with Crippen molar-refractivity contribution >= 4 is 0 Å². The fraction of sp³-hybridized carbons (Fsp3) is 0.500. The van der Waals surface area contributed by atoms with E-state index in [-0.39, 0.29) is 0 Å². The van der Waals surface area contributed by atoms with E-state index in [9.17, 15) is 0 Å². The van der Waals surface area contributed by atoms with Gasteiger partial charge < -0.3 is 14.2 Å². The number of allylic oxidation sites excluding steroid dienone is 6. The molecule has 0 aliphatic rings. The molecule has 0 unspecified atom stereocenters. The monoisotopic (exact) mass is 426 g/mol. The van der Waals surface area contributed by atoms with E-state index in [2.05, 4.69) is 65.8 Å². The largest absolute Gasteiger partial charge is 0.326 e. The summed E-state index contributed by atoms with van der Waals surface area (Å²) >= 11 is 0. The summed E-state index contributed by atoms with van der Waals surface area (Å²) in [6, 6.07) is 10.1. The van der Waals surface area contributed by atoms with Crippen LogP contribution in [0.3, 0.4) is 0 Å². The minimum atomic E-state index is -0.691. The third-order valence-electron chi connectivity index (χ3n) is 4.74. The van der Waals surface area contributed by atoms with Crippen LogP contribution in [0.5, 0.6) is 0 Å². The minimum Gasteiger partial charge on any atom is -0.326 e. The molecule has 0 aromatic heterocycles. The molecule has 0 fully saturated rings. The van der Waals surface area contributed by atoms with Gasteiger partial charge in [-0.3, -0.25) is 0 Å². The topological polar surface area (TPSA) is 27.7 Å². The van der Waals surface area contributed by atoms with Crippen molar-refractivity contribution in [2.75, 3.05) is 13.2 Å². The van der Waals surface area contributed by atoms with Crippen molar-refractivity contribution in [3.63, 3.8) is 0 Å². The molecule has 0 aliphatic carbocycles. The van der Waals surface area contributed by atoms with E-state index in [4.69, 9.17) is 14.2 Å². The van der Waals surface area contributed by atoms with Gasteiger partial charge in [0.2, 0.25) is 0 Å². The van der Waals surface area contributed by atoms with Crippen LogP contribution >= 0.6 is 0 Å². The lowest BCUT2D eigenvalue weighted by molar-refractivity contribution is -0.284. The highest BCUT2D eigenvalue weighted by Crippen LogP contribution is 2.11. The average Bonchev–Trinajstić information content (AvgIpc) is 2.71. The first-order valence-electron chi connectivity index (χ1n) is 11.3. The second-order valence-electron chi connectivity index (χ2n) is 8.49. The zero-order valence-corrected chi connectivity index (χ0v) is 20.4. The molecule has 1 aromatic carbocycles. The first-order chi connectivity index (χ1) is 14.9. The lowest BCUT2D eigenvalue weighted by Crippen LogP contribution is -2.21. The lowest BCUT2D eigenvalue weighted by atomic mass is 10.1. The highest BCUT2D eigenvalue weighted by Gasteiger charge is 2.09. The van der Waals surface area contributed by atoms with E-state index in [1.807, 2.05) is 30.3 Å². The molecule has 0 bridgehead atoms. The van der Waals surface area contributed by atoms with Gasteiger partial charge in [-0.25, -0.2) is 0 Å². The Balaban J connectivity index is 2.53. The van der Waals surface area contributed by atoms with Crippen molar-refractivity contribution in [1.29, 1.82) is 0 Å². The summed E-state index contributed by atoms with van der Waals surface area (Å²) in [7, 11) is 0. The second kappa shape index (κ2) is 16.7. The SMILES string of the molecule is CC(C)=CCCC(C)=CCOC(OCC=C(C)CCC=C(C)C)OCc1ccccc1. The highest BCUT2D eigenvalue weighted by molar-refractivity contribution is 5.13. The van der Waals surface area contributed by atoms with Crippen molar-refractivity contribution in [2.24, 2.45) is 0 Å². The maximum atomic E-state index is 5.90. The first-order valence-corrected chi connectivity index (χ1v) is 11.3. The Labute approximate surface area is 190 Å². The van der Waals surface area contributed by atoms with Gasteiger partial charge >= 0.3 is 0 Å². The van der Waals surface area contributed by atoms with Gasteiger partial charge in [0, 0.05) is 0 Å². The van der Waals surface area contributed by atoms with Crippen molar-refractivity contribution in [1.82, 2.24) is 0 Å². The molecule has 0 radical (unpaired) electrons. The normalized spacial score (nSPS) is 13.1. The molecule has 172 valence electrons. The maximum absolute atomic E-state index is 5.90. The van der Waals surface area contributed by atoms with Crippen LogP contribution in [-0.4, -0.2) is 19.7 Å². The van der Waals surface area contributed by atoms with E-state index in [0.717, 1.165) is 31.2 Å². The number of hydrogen-bond acceptors (Lipinski definition) is 3. The Morgan fingerprint density at radius 1 is 0.677 bits per heavy atom. The summed E-state index contributed by atoms with van der Waals surface area (Å²) in [6.45, 7) is 13.5. The van der Waals surface area contributed by atoms with Crippen LogP contribution in [0.15, 0.2) is 76.9 Å². The van der Waals surface area contributed by atoms with Gasteiger partial charge in [-0.2, -0.15) is 0 Å². The molecule has 0 heterocycles. The molecule has 1 rings (SSSR count). The summed E-state index contributed by atoms with van der Waals surface area (Å²) in [5, 5.41) is 0. The molecule has 0 saturated heterocycles. The van der Waals surface area contributed by atoms with Crippen molar-refractivity contribution in [3.05, 3.63) is 82.5 Å². The second-order valence-corrected chi connectivity index (χ2v) is 8.49. The van der Waals surface area contributed by atoms with Crippen molar-refractivity contribution in [2.45, 2.75) is 80.3 Å². The van der Waals surface area contributed by atoms with Crippen LogP contribution in [0.4, 0.5) is 0 Å². The van der Waals surface area contributed by atoms with E-state index in [1.54, 1.807) is 0 Å². The predicted octanol–water partition coefficient (Wildman–Crippen LogP) is 7.91. The van der Waals surface area contributed by atoms with Gasteiger partial charge in [-0.05, 0) is 72.8 Å². The third kappa shape index (κ3) is 15.5. The number of hydrogen-bond donors (Lipinski definition) is 0. The molecule has 1 aromatic rings. The molecular formula is C28H42O3. The molecule has 0 N–H and O–H groups in total. The summed E-state index contributed by atoms with van der Waals surface area (Å²) in [5.41, 5.74) is 6.44.